The van der Waals surface area contributed by atoms with E-state index in [4.69, 9.17) is 14.6 Å². The molecular formula is C20H30O5. The maximum Gasteiger partial charge on any atom is 0.309 e. The largest absolute Gasteiger partial charge is 0.494 e. The molecule has 1 atom stereocenters. The van der Waals surface area contributed by atoms with Crippen molar-refractivity contribution in [2.24, 2.45) is 5.92 Å². The lowest BCUT2D eigenvalue weighted by atomic mass is 9.94. The Morgan fingerprint density at radius 3 is 2.32 bits per heavy atom. The van der Waals surface area contributed by atoms with Crippen LogP contribution in [-0.4, -0.2) is 29.3 Å². The summed E-state index contributed by atoms with van der Waals surface area (Å²) >= 11 is 0. The van der Waals surface area contributed by atoms with Crippen LogP contribution in [0.5, 0.6) is 5.75 Å². The minimum atomic E-state index is -0.909. The summed E-state index contributed by atoms with van der Waals surface area (Å²) < 4.78 is 11.1. The van der Waals surface area contributed by atoms with Crippen molar-refractivity contribution >= 4 is 11.9 Å². The van der Waals surface area contributed by atoms with Gasteiger partial charge in [-0.1, -0.05) is 25.5 Å². The molecule has 1 aromatic carbocycles. The van der Waals surface area contributed by atoms with E-state index in [1.807, 2.05) is 45.0 Å². The first-order chi connectivity index (χ1) is 11.7. The molecule has 0 saturated carbocycles. The van der Waals surface area contributed by atoms with Crippen LogP contribution in [0.3, 0.4) is 0 Å². The van der Waals surface area contributed by atoms with Gasteiger partial charge in [0.05, 0.1) is 12.5 Å². The smallest absolute Gasteiger partial charge is 0.309 e. The fourth-order valence-electron chi connectivity index (χ4n) is 2.33. The highest BCUT2D eigenvalue weighted by Crippen LogP contribution is 2.21. The molecule has 1 unspecified atom stereocenters. The quantitative estimate of drug-likeness (QED) is 0.505. The average Bonchev–Trinajstić information content (AvgIpc) is 2.51. The number of ether oxygens (including phenoxy) is 2. The molecule has 1 N–H and O–H groups in total. The lowest BCUT2D eigenvalue weighted by Gasteiger charge is -2.24. The van der Waals surface area contributed by atoms with E-state index in [1.165, 1.54) is 0 Å². The van der Waals surface area contributed by atoms with Crippen LogP contribution < -0.4 is 4.74 Å². The number of hydrogen-bond donors (Lipinski definition) is 1. The molecule has 140 valence electrons. The first-order valence-electron chi connectivity index (χ1n) is 8.87. The Kier molecular flexibility index (Phi) is 8.46. The van der Waals surface area contributed by atoms with Crippen LogP contribution in [0.1, 0.15) is 58.9 Å². The second kappa shape index (κ2) is 10.1. The molecule has 5 nitrogen and oxygen atoms in total. The second-order valence-corrected chi connectivity index (χ2v) is 7.21. The summed E-state index contributed by atoms with van der Waals surface area (Å²) in [6.45, 7) is 8.22. The number of carbonyl (C=O) groups is 2. The van der Waals surface area contributed by atoms with Gasteiger partial charge in [0.25, 0.3) is 0 Å². The van der Waals surface area contributed by atoms with Crippen molar-refractivity contribution < 1.29 is 24.2 Å². The Balaban J connectivity index is 2.72. The maximum atomic E-state index is 12.4. The highest BCUT2D eigenvalue weighted by molar-refractivity contribution is 5.74. The van der Waals surface area contributed by atoms with Crippen LogP contribution in [0, 0.1) is 5.92 Å². The Hall–Kier alpha value is -2.04. The van der Waals surface area contributed by atoms with Gasteiger partial charge in [0.1, 0.15) is 11.4 Å². The van der Waals surface area contributed by atoms with Crippen molar-refractivity contribution in [3.8, 4) is 5.75 Å². The molecule has 1 rings (SSSR count). The lowest BCUT2D eigenvalue weighted by Crippen LogP contribution is -2.30. The fraction of sp³-hybridized carbons (Fsp3) is 0.600. The number of carbonyl (C=O) groups excluding carboxylic acids is 1. The van der Waals surface area contributed by atoms with Gasteiger partial charge in [0, 0.05) is 6.42 Å². The van der Waals surface area contributed by atoms with E-state index in [-0.39, 0.29) is 18.8 Å². The van der Waals surface area contributed by atoms with E-state index in [1.54, 1.807) is 0 Å². The maximum absolute atomic E-state index is 12.4. The van der Waals surface area contributed by atoms with Crippen molar-refractivity contribution in [3.63, 3.8) is 0 Å². The third-order valence-electron chi connectivity index (χ3n) is 3.62. The summed E-state index contributed by atoms with van der Waals surface area (Å²) in [4.78, 5) is 23.2. The predicted molar refractivity (Wildman–Crippen MR) is 96.8 cm³/mol. The minimum Gasteiger partial charge on any atom is -0.494 e. The van der Waals surface area contributed by atoms with Crippen LogP contribution >= 0.6 is 0 Å². The summed E-state index contributed by atoms with van der Waals surface area (Å²) in [6, 6.07) is 7.60. The third kappa shape index (κ3) is 9.13. The molecule has 0 heterocycles. The Labute approximate surface area is 150 Å². The normalized spacial score (nSPS) is 12.5. The fourth-order valence-corrected chi connectivity index (χ4v) is 2.33. The van der Waals surface area contributed by atoms with Crippen molar-refractivity contribution in [1.29, 1.82) is 0 Å². The van der Waals surface area contributed by atoms with Gasteiger partial charge in [-0.15, -0.1) is 0 Å². The number of hydrogen-bond acceptors (Lipinski definition) is 4. The van der Waals surface area contributed by atoms with E-state index in [0.717, 1.165) is 24.2 Å². The summed E-state index contributed by atoms with van der Waals surface area (Å²) in [5.74, 6) is -0.927. The van der Waals surface area contributed by atoms with Crippen LogP contribution in [0.2, 0.25) is 0 Å². The van der Waals surface area contributed by atoms with Crippen LogP contribution in [-0.2, 0) is 20.7 Å². The minimum absolute atomic E-state index is 0.0535. The van der Waals surface area contributed by atoms with E-state index < -0.39 is 17.5 Å². The number of aliphatic carboxylic acids is 1. The van der Waals surface area contributed by atoms with Gasteiger partial charge >= 0.3 is 11.9 Å². The Morgan fingerprint density at radius 2 is 1.80 bits per heavy atom. The van der Waals surface area contributed by atoms with Crippen LogP contribution in [0.15, 0.2) is 24.3 Å². The highest BCUT2D eigenvalue weighted by Gasteiger charge is 2.26. The number of carboxylic acid groups (broad SMARTS) is 1. The van der Waals surface area contributed by atoms with Gasteiger partial charge < -0.3 is 14.6 Å². The molecule has 25 heavy (non-hydrogen) atoms. The van der Waals surface area contributed by atoms with Crippen LogP contribution in [0.4, 0.5) is 0 Å². The average molecular weight is 350 g/mol. The first-order valence-corrected chi connectivity index (χ1v) is 8.87. The Bertz CT molecular complexity index is 542. The molecule has 0 saturated heterocycles. The van der Waals surface area contributed by atoms with Crippen LogP contribution in [0.25, 0.3) is 0 Å². The molecular weight excluding hydrogens is 320 g/mol. The topological polar surface area (TPSA) is 72.8 Å². The zero-order chi connectivity index (χ0) is 18.9. The predicted octanol–water partition coefficient (Wildman–Crippen LogP) is 4.23. The zero-order valence-electron chi connectivity index (χ0n) is 15.7. The molecule has 5 heteroatoms. The summed E-state index contributed by atoms with van der Waals surface area (Å²) in [5, 5.41) is 8.91. The van der Waals surface area contributed by atoms with Crippen molar-refractivity contribution in [2.45, 2.75) is 65.4 Å². The number of carboxylic acids is 1. The number of rotatable bonds is 10. The number of unbranched alkanes of at least 4 members (excludes halogenated alkanes) is 1. The molecule has 0 bridgehead atoms. The summed E-state index contributed by atoms with van der Waals surface area (Å²) in [6.07, 6.45) is 2.76. The molecule has 0 radical (unpaired) electrons. The van der Waals surface area contributed by atoms with Gasteiger partial charge in [-0.05, 0) is 57.7 Å². The molecule has 0 aliphatic carbocycles. The van der Waals surface area contributed by atoms with Crippen molar-refractivity contribution in [1.82, 2.24) is 0 Å². The van der Waals surface area contributed by atoms with Gasteiger partial charge in [0.15, 0.2) is 0 Å². The zero-order valence-corrected chi connectivity index (χ0v) is 15.7. The van der Waals surface area contributed by atoms with Gasteiger partial charge in [0.2, 0.25) is 0 Å². The first kappa shape index (κ1) is 21.0. The molecule has 0 spiro atoms. The molecule has 0 fully saturated rings. The molecule has 0 aliphatic rings. The second-order valence-electron chi connectivity index (χ2n) is 7.21. The van der Waals surface area contributed by atoms with E-state index >= 15 is 0 Å². The lowest BCUT2D eigenvalue weighted by molar-refractivity contribution is -0.160. The van der Waals surface area contributed by atoms with E-state index in [2.05, 4.69) is 6.92 Å². The van der Waals surface area contributed by atoms with Gasteiger partial charge in [-0.3, -0.25) is 9.59 Å². The summed E-state index contributed by atoms with van der Waals surface area (Å²) in [7, 11) is 0. The number of benzene rings is 1. The highest BCUT2D eigenvalue weighted by atomic mass is 16.6. The van der Waals surface area contributed by atoms with E-state index in [0.29, 0.717) is 13.0 Å². The summed E-state index contributed by atoms with van der Waals surface area (Å²) in [5.41, 5.74) is 0.374. The van der Waals surface area contributed by atoms with Crippen molar-refractivity contribution in [3.05, 3.63) is 29.8 Å². The molecule has 0 aliphatic heterocycles. The molecule has 0 amide bonds. The third-order valence-corrected chi connectivity index (χ3v) is 3.62. The molecule has 0 aromatic heterocycles. The monoisotopic (exact) mass is 350 g/mol. The van der Waals surface area contributed by atoms with Gasteiger partial charge in [-0.25, -0.2) is 0 Å². The molecule has 1 aromatic rings. The SMILES string of the molecule is CCCCOc1ccc(CC(CCC(=O)O)C(=O)OC(C)(C)C)cc1. The van der Waals surface area contributed by atoms with E-state index in [9.17, 15) is 9.59 Å². The standard InChI is InChI=1S/C20H30O5/c1-5-6-13-24-17-10-7-15(8-11-17)14-16(9-12-18(21)22)19(23)25-20(2,3)4/h7-8,10-11,16H,5-6,9,12-14H2,1-4H3,(H,21,22). The Morgan fingerprint density at radius 1 is 1.16 bits per heavy atom. The number of esters is 1. The van der Waals surface area contributed by atoms with Crippen molar-refractivity contribution in [2.75, 3.05) is 6.61 Å². The van der Waals surface area contributed by atoms with Gasteiger partial charge in [-0.2, -0.15) is 0 Å².